The molecule has 0 fully saturated rings. The van der Waals surface area contributed by atoms with Crippen LogP contribution in [-0.2, 0) is 5.41 Å². The van der Waals surface area contributed by atoms with Gasteiger partial charge in [-0.05, 0) is 99.8 Å². The molecule has 5 nitrogen and oxygen atoms in total. The number of aromatic nitrogens is 5. The molecule has 1 aliphatic carbocycles. The van der Waals surface area contributed by atoms with Gasteiger partial charge in [-0.2, -0.15) is 0 Å². The molecule has 318 valence electrons. The van der Waals surface area contributed by atoms with Crippen molar-refractivity contribution in [3.8, 4) is 39.7 Å². The monoisotopic (exact) mass is 867 g/mol. The standard InChI is InChI=1S/C63H41N5/c1-63(2)50-22-10-5-17-43(50)49-36-41(30-32-51(49)63)66-54-25-13-8-20-47(54)59-56(66)33-34-57-60(59)48-21-9-14-26-55(48)67(57)42-29-31-45-44-18-7-12-24-53(44)68(58(45)37-42)62-64-52-23-11-6-19-46(52)61(65-62)40-28-27-38-15-3-4-16-39(38)35-40/h3-37H,1-2H3. The summed E-state index contributed by atoms with van der Waals surface area (Å²) < 4.78 is 7.19. The second kappa shape index (κ2) is 13.6. The van der Waals surface area contributed by atoms with Gasteiger partial charge in [0.15, 0.2) is 0 Å². The van der Waals surface area contributed by atoms with Crippen LogP contribution in [0.5, 0.6) is 0 Å². The summed E-state index contributed by atoms with van der Waals surface area (Å²) in [5.74, 6) is 0.644. The maximum atomic E-state index is 5.48. The molecule has 14 aromatic rings. The molecule has 4 aromatic heterocycles. The zero-order valence-electron chi connectivity index (χ0n) is 37.4. The predicted octanol–water partition coefficient (Wildman–Crippen LogP) is 16.0. The van der Waals surface area contributed by atoms with E-state index >= 15 is 0 Å². The van der Waals surface area contributed by atoms with E-state index < -0.39 is 0 Å². The number of hydrogen-bond donors (Lipinski definition) is 0. The predicted molar refractivity (Wildman–Crippen MR) is 283 cm³/mol. The summed E-state index contributed by atoms with van der Waals surface area (Å²) >= 11 is 0. The second-order valence-corrected chi connectivity index (χ2v) is 19.0. The topological polar surface area (TPSA) is 40.6 Å². The maximum absolute atomic E-state index is 5.48. The Labute approximate surface area is 391 Å². The highest BCUT2D eigenvalue weighted by Gasteiger charge is 2.35. The van der Waals surface area contributed by atoms with Gasteiger partial charge in [-0.1, -0.05) is 159 Å². The molecule has 5 heteroatoms. The molecule has 0 atom stereocenters. The average Bonchev–Trinajstić information content (AvgIpc) is 4.09. The van der Waals surface area contributed by atoms with Crippen LogP contribution in [0.15, 0.2) is 212 Å². The first-order valence-corrected chi connectivity index (χ1v) is 23.5. The Kier molecular flexibility index (Phi) is 7.50. The van der Waals surface area contributed by atoms with E-state index in [4.69, 9.17) is 9.97 Å². The molecule has 4 heterocycles. The minimum Gasteiger partial charge on any atom is -0.309 e. The second-order valence-electron chi connectivity index (χ2n) is 19.0. The highest BCUT2D eigenvalue weighted by molar-refractivity contribution is 6.29. The fourth-order valence-corrected chi connectivity index (χ4v) is 12.0. The Morgan fingerprint density at radius 1 is 0.353 bits per heavy atom. The van der Waals surface area contributed by atoms with Crippen molar-refractivity contribution in [3.05, 3.63) is 223 Å². The molecule has 0 saturated heterocycles. The van der Waals surface area contributed by atoms with Gasteiger partial charge < -0.3 is 9.13 Å². The highest BCUT2D eigenvalue weighted by Crippen LogP contribution is 2.50. The maximum Gasteiger partial charge on any atom is 0.235 e. The van der Waals surface area contributed by atoms with Crippen LogP contribution in [-0.4, -0.2) is 23.7 Å². The van der Waals surface area contributed by atoms with Crippen molar-refractivity contribution < 1.29 is 0 Å². The molecule has 0 unspecified atom stereocenters. The van der Waals surface area contributed by atoms with Gasteiger partial charge in [0.1, 0.15) is 0 Å². The van der Waals surface area contributed by atoms with Crippen LogP contribution in [0.2, 0.25) is 0 Å². The first-order chi connectivity index (χ1) is 33.5. The number of nitrogens with zero attached hydrogens (tertiary/aromatic N) is 5. The average molecular weight is 868 g/mol. The first kappa shape index (κ1) is 37.4. The van der Waals surface area contributed by atoms with Crippen LogP contribution >= 0.6 is 0 Å². The van der Waals surface area contributed by atoms with Crippen LogP contribution in [0.3, 0.4) is 0 Å². The van der Waals surface area contributed by atoms with Crippen molar-refractivity contribution in [1.82, 2.24) is 23.7 Å². The van der Waals surface area contributed by atoms with E-state index in [1.807, 2.05) is 0 Å². The van der Waals surface area contributed by atoms with Crippen molar-refractivity contribution in [3.63, 3.8) is 0 Å². The minimum absolute atomic E-state index is 0.0556. The number of rotatable bonds is 4. The minimum atomic E-state index is -0.0556. The quantitative estimate of drug-likeness (QED) is 0.177. The van der Waals surface area contributed by atoms with Gasteiger partial charge in [-0.3, -0.25) is 4.57 Å². The molecule has 0 spiro atoms. The lowest BCUT2D eigenvalue weighted by Crippen LogP contribution is -2.14. The summed E-state index contributed by atoms with van der Waals surface area (Å²) in [5.41, 5.74) is 17.3. The Hall–Kier alpha value is -8.80. The summed E-state index contributed by atoms with van der Waals surface area (Å²) in [6, 6.07) is 77.6. The van der Waals surface area contributed by atoms with E-state index in [1.54, 1.807) is 0 Å². The smallest absolute Gasteiger partial charge is 0.235 e. The van der Waals surface area contributed by atoms with Gasteiger partial charge in [-0.15, -0.1) is 0 Å². The van der Waals surface area contributed by atoms with Gasteiger partial charge >= 0.3 is 0 Å². The number of para-hydroxylation sites is 4. The Morgan fingerprint density at radius 3 is 1.66 bits per heavy atom. The summed E-state index contributed by atoms with van der Waals surface area (Å²) in [5, 5.41) is 10.7. The van der Waals surface area contributed by atoms with Crippen molar-refractivity contribution in [2.24, 2.45) is 0 Å². The number of fused-ring (bicyclic) bond motifs is 15. The fraction of sp³-hybridized carbons (Fsp3) is 0.0476. The molecule has 0 radical (unpaired) electrons. The summed E-state index contributed by atoms with van der Waals surface area (Å²) in [6.07, 6.45) is 0. The Bertz CT molecular complexity index is 4480. The zero-order chi connectivity index (χ0) is 44.8. The SMILES string of the molecule is CC1(C)c2ccccc2-c2cc(-n3c4ccccc4c4c5c6ccccc6n(-c6ccc7c8ccccc8n(-c8nc(-c9ccc%10ccccc%10c9)c9ccccc9n8)c7c6)c5ccc43)ccc21. The molecule has 1 aliphatic rings. The van der Waals surface area contributed by atoms with Crippen molar-refractivity contribution in [1.29, 1.82) is 0 Å². The van der Waals surface area contributed by atoms with Crippen molar-refractivity contribution >= 4 is 87.1 Å². The molecule has 15 rings (SSSR count). The molecule has 0 bridgehead atoms. The summed E-state index contributed by atoms with van der Waals surface area (Å²) in [4.78, 5) is 10.8. The van der Waals surface area contributed by atoms with Crippen molar-refractivity contribution in [2.75, 3.05) is 0 Å². The van der Waals surface area contributed by atoms with E-state index in [1.165, 1.54) is 71.3 Å². The molecule has 68 heavy (non-hydrogen) atoms. The molecule has 10 aromatic carbocycles. The van der Waals surface area contributed by atoms with Crippen LogP contribution in [0.25, 0.3) is 127 Å². The Morgan fingerprint density at radius 2 is 0.912 bits per heavy atom. The van der Waals surface area contributed by atoms with E-state index in [-0.39, 0.29) is 5.41 Å². The van der Waals surface area contributed by atoms with E-state index in [0.29, 0.717) is 5.95 Å². The lowest BCUT2D eigenvalue weighted by Gasteiger charge is -2.21. The molecular weight excluding hydrogens is 827 g/mol. The third kappa shape index (κ3) is 5.05. The Balaban J connectivity index is 0.971. The first-order valence-electron chi connectivity index (χ1n) is 23.5. The van der Waals surface area contributed by atoms with Gasteiger partial charge in [-0.25, -0.2) is 9.97 Å². The zero-order valence-corrected chi connectivity index (χ0v) is 37.4. The summed E-state index contributed by atoms with van der Waals surface area (Å²) in [7, 11) is 0. The van der Waals surface area contributed by atoms with E-state index in [2.05, 4.69) is 240 Å². The molecule has 0 saturated carbocycles. The van der Waals surface area contributed by atoms with Crippen LogP contribution in [0, 0.1) is 0 Å². The van der Waals surface area contributed by atoms with E-state index in [9.17, 15) is 0 Å². The number of hydrogen-bond acceptors (Lipinski definition) is 2. The summed E-state index contributed by atoms with van der Waals surface area (Å²) in [6.45, 7) is 4.70. The van der Waals surface area contributed by atoms with Gasteiger partial charge in [0.25, 0.3) is 0 Å². The third-order valence-electron chi connectivity index (χ3n) is 15.0. The van der Waals surface area contributed by atoms with Crippen molar-refractivity contribution in [2.45, 2.75) is 19.3 Å². The lowest BCUT2D eigenvalue weighted by atomic mass is 9.82. The lowest BCUT2D eigenvalue weighted by molar-refractivity contribution is 0.660. The van der Waals surface area contributed by atoms with E-state index in [0.717, 1.165) is 60.7 Å². The normalized spacial score (nSPS) is 13.3. The fourth-order valence-electron chi connectivity index (χ4n) is 12.0. The molecule has 0 N–H and O–H groups in total. The van der Waals surface area contributed by atoms with Gasteiger partial charge in [0.05, 0.1) is 44.3 Å². The molecule has 0 aliphatic heterocycles. The largest absolute Gasteiger partial charge is 0.309 e. The van der Waals surface area contributed by atoms with Gasteiger partial charge in [0.2, 0.25) is 5.95 Å². The van der Waals surface area contributed by atoms with Crippen LogP contribution in [0.4, 0.5) is 0 Å². The van der Waals surface area contributed by atoms with Gasteiger partial charge in [0, 0.05) is 60.1 Å². The van der Waals surface area contributed by atoms with Crippen LogP contribution in [0.1, 0.15) is 25.0 Å². The molecular formula is C63H41N5. The number of benzene rings is 10. The highest BCUT2D eigenvalue weighted by atomic mass is 15.2. The van der Waals surface area contributed by atoms with Crippen LogP contribution < -0.4 is 0 Å². The third-order valence-corrected chi connectivity index (χ3v) is 15.0. The molecule has 0 amide bonds.